The maximum Gasteiger partial charge on any atom is 0.418 e. The first-order valence-corrected chi connectivity index (χ1v) is 11.8. The zero-order valence-corrected chi connectivity index (χ0v) is 21.8. The number of carbonyl (C=O) groups excluding carboxylic acids is 3. The molecule has 40 heavy (non-hydrogen) atoms. The molecule has 4 amide bonds. The second-order valence-corrected chi connectivity index (χ2v) is 8.57. The molecule has 2 aromatic carbocycles. The summed E-state index contributed by atoms with van der Waals surface area (Å²) in [6, 6.07) is 11.5. The van der Waals surface area contributed by atoms with Crippen molar-refractivity contribution in [3.8, 4) is 11.5 Å². The van der Waals surface area contributed by atoms with Crippen molar-refractivity contribution in [3.63, 3.8) is 0 Å². The van der Waals surface area contributed by atoms with Gasteiger partial charge >= 0.3 is 12.2 Å². The molecule has 210 valence electrons. The molecule has 0 aliphatic carbocycles. The minimum atomic E-state index is -4.78. The Morgan fingerprint density at radius 1 is 0.925 bits per heavy atom. The van der Waals surface area contributed by atoms with Gasteiger partial charge in [0.1, 0.15) is 17.2 Å². The molecule has 0 unspecified atom stereocenters. The first-order valence-electron chi connectivity index (χ1n) is 11.8. The molecular weight excluding hydrogens is 529 g/mol. The van der Waals surface area contributed by atoms with E-state index in [1.165, 1.54) is 43.6 Å². The molecule has 1 aromatic heterocycles. The van der Waals surface area contributed by atoms with E-state index in [0.717, 1.165) is 18.2 Å². The fraction of sp³-hybridized carbons (Fsp3) is 0.185. The number of ether oxygens (including phenoxy) is 1. The van der Waals surface area contributed by atoms with Crippen molar-refractivity contribution < 1.29 is 32.3 Å². The van der Waals surface area contributed by atoms with Gasteiger partial charge in [0, 0.05) is 43.3 Å². The number of alkyl halides is 3. The van der Waals surface area contributed by atoms with E-state index in [0.29, 0.717) is 23.7 Å². The first-order chi connectivity index (χ1) is 18.9. The van der Waals surface area contributed by atoms with Crippen LogP contribution >= 0.6 is 0 Å². The molecule has 4 N–H and O–H groups in total. The predicted molar refractivity (Wildman–Crippen MR) is 145 cm³/mol. The average molecular weight is 557 g/mol. The number of halogens is 3. The highest BCUT2D eigenvalue weighted by Crippen LogP contribution is 2.36. The maximum atomic E-state index is 13.7. The number of urea groups is 1. The second kappa shape index (κ2) is 13.2. The molecule has 0 radical (unpaired) electrons. The number of aromatic nitrogens is 1. The molecule has 3 aromatic rings. The SMILES string of the molecule is CNC(=O)c1cc(Oc2ccc(NC(=O)Nc3ccc(NC(=O)/C=C/CN(C)C)c(C(F)(F)F)c3)cc2)ccn1. The standard InChI is InChI=1S/C27H27F3N6O4/c1-31-25(38)23-16-20(12-13-32-23)40-19-9-6-17(7-10-19)33-26(39)34-18-8-11-22(21(15-18)27(28,29)30)35-24(37)5-4-14-36(2)3/h4-13,15-16H,14H2,1-3H3,(H,31,38)(H,35,37)(H2,33,34,39)/b5-4+. The Bertz CT molecular complexity index is 1390. The Morgan fingerprint density at radius 3 is 2.25 bits per heavy atom. The molecular formula is C27H27F3N6O4. The molecule has 0 fully saturated rings. The molecule has 10 nitrogen and oxygen atoms in total. The van der Waals surface area contributed by atoms with Gasteiger partial charge in [-0.2, -0.15) is 13.2 Å². The van der Waals surface area contributed by atoms with E-state index >= 15 is 0 Å². The molecule has 0 spiro atoms. The van der Waals surface area contributed by atoms with Gasteiger partial charge in [-0.25, -0.2) is 4.79 Å². The van der Waals surface area contributed by atoms with Crippen LogP contribution in [0.2, 0.25) is 0 Å². The minimum absolute atomic E-state index is 0.129. The van der Waals surface area contributed by atoms with E-state index in [4.69, 9.17) is 4.74 Å². The fourth-order valence-corrected chi connectivity index (χ4v) is 3.27. The monoisotopic (exact) mass is 556 g/mol. The number of hydrogen-bond donors (Lipinski definition) is 4. The molecule has 0 bridgehead atoms. The van der Waals surface area contributed by atoms with E-state index in [1.807, 2.05) is 0 Å². The first kappa shape index (κ1) is 29.6. The predicted octanol–water partition coefficient (Wildman–Crippen LogP) is 4.95. The Balaban J connectivity index is 1.63. The fourth-order valence-electron chi connectivity index (χ4n) is 3.27. The number of benzene rings is 2. The summed E-state index contributed by atoms with van der Waals surface area (Å²) < 4.78 is 46.7. The van der Waals surface area contributed by atoms with Crippen LogP contribution in [0.3, 0.4) is 0 Å². The van der Waals surface area contributed by atoms with E-state index in [1.54, 1.807) is 37.2 Å². The van der Waals surface area contributed by atoms with Gasteiger partial charge in [-0.15, -0.1) is 0 Å². The van der Waals surface area contributed by atoms with Gasteiger partial charge in [-0.1, -0.05) is 6.08 Å². The minimum Gasteiger partial charge on any atom is -0.457 e. The molecule has 0 saturated carbocycles. The highest BCUT2D eigenvalue weighted by molar-refractivity contribution is 6.02. The number of likely N-dealkylation sites (N-methyl/N-ethyl adjacent to an activating group) is 1. The van der Waals surface area contributed by atoms with E-state index in [2.05, 4.69) is 26.3 Å². The Labute approximate surface area is 228 Å². The van der Waals surface area contributed by atoms with Crippen LogP contribution in [0.4, 0.5) is 35.0 Å². The van der Waals surface area contributed by atoms with Crippen molar-refractivity contribution in [1.29, 1.82) is 0 Å². The van der Waals surface area contributed by atoms with Gasteiger partial charge in [-0.05, 0) is 62.6 Å². The quantitative estimate of drug-likeness (QED) is 0.277. The van der Waals surface area contributed by atoms with Crippen LogP contribution in [0.15, 0.2) is 72.9 Å². The van der Waals surface area contributed by atoms with Crippen molar-refractivity contribution in [2.75, 3.05) is 43.6 Å². The summed E-state index contributed by atoms with van der Waals surface area (Å²) in [4.78, 5) is 41.9. The Morgan fingerprint density at radius 2 is 1.60 bits per heavy atom. The van der Waals surface area contributed by atoms with Gasteiger partial charge < -0.3 is 30.9 Å². The largest absolute Gasteiger partial charge is 0.457 e. The maximum absolute atomic E-state index is 13.7. The normalized spacial score (nSPS) is 11.3. The number of nitrogens with zero attached hydrogens (tertiary/aromatic N) is 2. The van der Waals surface area contributed by atoms with Crippen molar-refractivity contribution in [2.24, 2.45) is 0 Å². The number of nitrogens with one attached hydrogen (secondary N) is 4. The molecule has 13 heteroatoms. The summed E-state index contributed by atoms with van der Waals surface area (Å²) in [7, 11) is 5.05. The molecule has 1 heterocycles. The molecule has 0 saturated heterocycles. The number of rotatable bonds is 9. The average Bonchev–Trinajstić information content (AvgIpc) is 2.89. The third-order valence-electron chi connectivity index (χ3n) is 5.12. The van der Waals surface area contributed by atoms with Gasteiger partial charge in [-0.3, -0.25) is 14.6 Å². The summed E-state index contributed by atoms with van der Waals surface area (Å²) in [5.41, 5.74) is -1.16. The number of amides is 4. The Kier molecular flexibility index (Phi) is 9.81. The topological polar surface area (TPSA) is 125 Å². The molecule has 3 rings (SSSR count). The molecule has 0 aliphatic rings. The van der Waals surface area contributed by atoms with E-state index in [-0.39, 0.29) is 17.3 Å². The number of pyridine rings is 1. The van der Waals surface area contributed by atoms with Crippen molar-refractivity contribution in [2.45, 2.75) is 6.18 Å². The lowest BCUT2D eigenvalue weighted by molar-refractivity contribution is -0.136. The van der Waals surface area contributed by atoms with Crippen LogP contribution < -0.4 is 26.0 Å². The summed E-state index contributed by atoms with van der Waals surface area (Å²) >= 11 is 0. The lowest BCUT2D eigenvalue weighted by Crippen LogP contribution is -2.20. The van der Waals surface area contributed by atoms with Gasteiger partial charge in [0.15, 0.2) is 0 Å². The third kappa shape index (κ3) is 8.84. The number of anilines is 3. The second-order valence-electron chi connectivity index (χ2n) is 8.57. The molecule has 0 aliphatic heterocycles. The lowest BCUT2D eigenvalue weighted by atomic mass is 10.1. The van der Waals surface area contributed by atoms with Crippen molar-refractivity contribution in [1.82, 2.24) is 15.2 Å². The van der Waals surface area contributed by atoms with Crippen LogP contribution in [0.1, 0.15) is 16.1 Å². The van der Waals surface area contributed by atoms with Gasteiger partial charge in [0.2, 0.25) is 5.91 Å². The van der Waals surface area contributed by atoms with Crippen LogP contribution in [0.5, 0.6) is 11.5 Å². The van der Waals surface area contributed by atoms with Gasteiger partial charge in [0.25, 0.3) is 5.91 Å². The lowest BCUT2D eigenvalue weighted by Gasteiger charge is -2.15. The van der Waals surface area contributed by atoms with Crippen LogP contribution in [0, 0.1) is 0 Å². The van der Waals surface area contributed by atoms with E-state index in [9.17, 15) is 27.6 Å². The highest BCUT2D eigenvalue weighted by atomic mass is 19.4. The zero-order chi connectivity index (χ0) is 29.3. The summed E-state index contributed by atoms with van der Waals surface area (Å²) in [6.45, 7) is 0.442. The van der Waals surface area contributed by atoms with Crippen LogP contribution in [0.25, 0.3) is 0 Å². The highest BCUT2D eigenvalue weighted by Gasteiger charge is 2.34. The smallest absolute Gasteiger partial charge is 0.418 e. The number of hydrogen-bond acceptors (Lipinski definition) is 6. The van der Waals surface area contributed by atoms with Crippen molar-refractivity contribution in [3.05, 3.63) is 84.2 Å². The third-order valence-corrected chi connectivity index (χ3v) is 5.12. The van der Waals surface area contributed by atoms with E-state index < -0.39 is 29.4 Å². The van der Waals surface area contributed by atoms with Crippen LogP contribution in [-0.2, 0) is 11.0 Å². The Hall–Kier alpha value is -4.91. The van der Waals surface area contributed by atoms with Gasteiger partial charge in [0.05, 0.1) is 11.3 Å². The number of carbonyl (C=O) groups is 3. The summed E-state index contributed by atoms with van der Waals surface area (Å²) in [6.07, 6.45) is -0.691. The van der Waals surface area contributed by atoms with Crippen LogP contribution in [-0.4, -0.2) is 55.4 Å². The summed E-state index contributed by atoms with van der Waals surface area (Å²) in [5.74, 6) is -0.305. The summed E-state index contributed by atoms with van der Waals surface area (Å²) in [5, 5.41) is 9.55. The zero-order valence-electron chi connectivity index (χ0n) is 21.8. The van der Waals surface area contributed by atoms with Crippen molar-refractivity contribution >= 4 is 34.9 Å². The molecule has 0 atom stereocenters.